The Bertz CT molecular complexity index is 1250. The number of hydrogen-bond donors (Lipinski definition) is 1. The van der Waals surface area contributed by atoms with E-state index < -0.39 is 6.10 Å². The molecule has 2 amide bonds. The van der Waals surface area contributed by atoms with Crippen LogP contribution in [0.5, 0.6) is 5.88 Å². The molecular weight excluding hydrogens is 468 g/mol. The van der Waals surface area contributed by atoms with Gasteiger partial charge in [-0.2, -0.15) is 0 Å². The van der Waals surface area contributed by atoms with E-state index in [1.54, 1.807) is 53.6 Å². The lowest BCUT2D eigenvalue weighted by atomic mass is 9.99. The molecule has 0 unspecified atom stereocenters. The molecule has 8 heteroatoms. The largest absolute Gasteiger partial charge is 0.472 e. The third-order valence-electron chi connectivity index (χ3n) is 6.54. The van der Waals surface area contributed by atoms with E-state index in [0.717, 1.165) is 11.1 Å². The second-order valence-electron chi connectivity index (χ2n) is 9.41. The number of rotatable bonds is 7. The lowest BCUT2D eigenvalue weighted by molar-refractivity contribution is 0.0313. The predicted molar refractivity (Wildman–Crippen MR) is 142 cm³/mol. The van der Waals surface area contributed by atoms with Crippen molar-refractivity contribution in [3.63, 3.8) is 0 Å². The van der Waals surface area contributed by atoms with Gasteiger partial charge in [0.2, 0.25) is 5.88 Å². The number of pyridine rings is 2. The van der Waals surface area contributed by atoms with Crippen LogP contribution in [0.15, 0.2) is 67.1 Å². The Morgan fingerprint density at radius 3 is 2.59 bits per heavy atom. The van der Waals surface area contributed by atoms with E-state index >= 15 is 0 Å². The Morgan fingerprint density at radius 2 is 1.89 bits per heavy atom. The maximum absolute atomic E-state index is 13.6. The van der Waals surface area contributed by atoms with E-state index in [0.29, 0.717) is 24.2 Å². The molecule has 0 radical (unpaired) electrons. The third kappa shape index (κ3) is 6.21. The Balaban J connectivity index is 1.64. The topological polar surface area (TPSA) is 95.9 Å². The normalized spacial score (nSPS) is 18.5. The first-order valence-electron chi connectivity index (χ1n) is 12.3. The van der Waals surface area contributed by atoms with Crippen molar-refractivity contribution in [1.82, 2.24) is 19.8 Å². The second-order valence-corrected chi connectivity index (χ2v) is 9.41. The molecule has 3 atom stereocenters. The highest BCUT2D eigenvalue weighted by Crippen LogP contribution is 2.28. The maximum Gasteiger partial charge on any atom is 0.259 e. The maximum atomic E-state index is 13.6. The van der Waals surface area contributed by atoms with Crippen molar-refractivity contribution in [1.29, 1.82) is 0 Å². The number of amides is 2. The van der Waals surface area contributed by atoms with Crippen molar-refractivity contribution >= 4 is 24.0 Å². The quantitative estimate of drug-likeness (QED) is 0.532. The van der Waals surface area contributed by atoms with Gasteiger partial charge in [0.15, 0.2) is 0 Å². The molecule has 1 aromatic carbocycles. The fourth-order valence-corrected chi connectivity index (χ4v) is 4.25. The van der Waals surface area contributed by atoms with Crippen LogP contribution in [0, 0.1) is 5.92 Å². The van der Waals surface area contributed by atoms with Crippen LogP contribution in [0.25, 0.3) is 12.2 Å². The standard InChI is InChI=1S/C29H32N4O4/c1-20-17-33(21(2)19-34)29(36)25-15-23(10-9-22-7-5-4-6-8-22)16-31-27(25)37-26(20)18-32(3)28(35)24-11-13-30-14-12-24/h4-16,20-21,26,34H,17-19H2,1-3H3/b10-9+/t20-,21-,26+/m0/s1. The average molecular weight is 501 g/mol. The zero-order valence-electron chi connectivity index (χ0n) is 21.3. The summed E-state index contributed by atoms with van der Waals surface area (Å²) in [5, 5.41) is 9.87. The number of ether oxygens (including phenoxy) is 1. The molecular formula is C29H32N4O4. The molecule has 1 aliphatic heterocycles. The minimum absolute atomic E-state index is 0.127. The fraction of sp³-hybridized carbons (Fsp3) is 0.310. The van der Waals surface area contributed by atoms with E-state index in [4.69, 9.17) is 4.74 Å². The molecule has 0 spiro atoms. The highest BCUT2D eigenvalue weighted by molar-refractivity contribution is 5.97. The van der Waals surface area contributed by atoms with Crippen LogP contribution in [-0.4, -0.2) is 75.6 Å². The van der Waals surface area contributed by atoms with Gasteiger partial charge in [-0.3, -0.25) is 14.6 Å². The first-order chi connectivity index (χ1) is 17.9. The molecule has 192 valence electrons. The molecule has 0 aliphatic carbocycles. The van der Waals surface area contributed by atoms with Gasteiger partial charge in [0.1, 0.15) is 11.7 Å². The lowest BCUT2D eigenvalue weighted by Crippen LogP contribution is -2.50. The van der Waals surface area contributed by atoms with E-state index in [2.05, 4.69) is 9.97 Å². The first kappa shape index (κ1) is 26.0. The number of fused-ring (bicyclic) bond motifs is 1. The van der Waals surface area contributed by atoms with Crippen LogP contribution < -0.4 is 4.74 Å². The zero-order valence-corrected chi connectivity index (χ0v) is 21.3. The molecule has 8 nitrogen and oxygen atoms in total. The van der Waals surface area contributed by atoms with Gasteiger partial charge in [-0.1, -0.05) is 49.4 Å². The summed E-state index contributed by atoms with van der Waals surface area (Å²) in [6.07, 6.45) is 8.26. The molecule has 3 heterocycles. The first-order valence-corrected chi connectivity index (χ1v) is 12.3. The van der Waals surface area contributed by atoms with Crippen molar-refractivity contribution in [3.8, 4) is 5.88 Å². The van der Waals surface area contributed by atoms with Gasteiger partial charge in [-0.15, -0.1) is 0 Å². The highest BCUT2D eigenvalue weighted by Gasteiger charge is 2.34. The van der Waals surface area contributed by atoms with Gasteiger partial charge >= 0.3 is 0 Å². The van der Waals surface area contributed by atoms with E-state index in [9.17, 15) is 14.7 Å². The predicted octanol–water partition coefficient (Wildman–Crippen LogP) is 3.64. The van der Waals surface area contributed by atoms with Crippen LogP contribution in [0.2, 0.25) is 0 Å². The molecule has 3 aromatic rings. The zero-order chi connectivity index (χ0) is 26.4. The lowest BCUT2D eigenvalue weighted by Gasteiger charge is -2.37. The summed E-state index contributed by atoms with van der Waals surface area (Å²) < 4.78 is 6.30. The smallest absolute Gasteiger partial charge is 0.259 e. The van der Waals surface area contributed by atoms with Gasteiger partial charge in [0.25, 0.3) is 11.8 Å². The van der Waals surface area contributed by atoms with Crippen molar-refractivity contribution < 1.29 is 19.4 Å². The monoisotopic (exact) mass is 500 g/mol. The minimum Gasteiger partial charge on any atom is -0.472 e. The van der Waals surface area contributed by atoms with Crippen LogP contribution in [0.1, 0.15) is 45.7 Å². The number of aliphatic hydroxyl groups excluding tert-OH is 1. The number of benzene rings is 1. The molecule has 2 aromatic heterocycles. The Labute approximate surface area is 217 Å². The number of hydrogen-bond acceptors (Lipinski definition) is 6. The summed E-state index contributed by atoms with van der Waals surface area (Å²) in [4.78, 5) is 38.3. The van der Waals surface area contributed by atoms with Crippen molar-refractivity contribution in [2.75, 3.05) is 26.7 Å². The SMILES string of the molecule is C[C@H]1CN([C@@H](C)CO)C(=O)c2cc(/C=C/c3ccccc3)cnc2O[C@@H]1CN(C)C(=O)c1ccncc1. The third-order valence-corrected chi connectivity index (χ3v) is 6.54. The molecule has 1 N–H and O–H groups in total. The van der Waals surface area contributed by atoms with Crippen LogP contribution >= 0.6 is 0 Å². The summed E-state index contributed by atoms with van der Waals surface area (Å²) >= 11 is 0. The summed E-state index contributed by atoms with van der Waals surface area (Å²) in [6.45, 7) is 4.29. The Kier molecular flexibility index (Phi) is 8.30. The molecule has 4 rings (SSSR count). The van der Waals surface area contributed by atoms with Crippen LogP contribution in [0.4, 0.5) is 0 Å². The number of aliphatic hydroxyl groups is 1. The molecule has 0 saturated carbocycles. The van der Waals surface area contributed by atoms with Gasteiger partial charge in [-0.05, 0) is 36.2 Å². The minimum atomic E-state index is -0.422. The van der Waals surface area contributed by atoms with Crippen LogP contribution in [0.3, 0.4) is 0 Å². The molecule has 0 bridgehead atoms. The van der Waals surface area contributed by atoms with E-state index in [1.807, 2.05) is 56.3 Å². The van der Waals surface area contributed by atoms with Gasteiger partial charge in [0, 0.05) is 43.7 Å². The van der Waals surface area contributed by atoms with E-state index in [-0.39, 0.29) is 36.3 Å². The second kappa shape index (κ2) is 11.8. The number of aromatic nitrogens is 2. The molecule has 0 saturated heterocycles. The summed E-state index contributed by atoms with van der Waals surface area (Å²) in [5.41, 5.74) is 2.65. The molecule has 37 heavy (non-hydrogen) atoms. The van der Waals surface area contributed by atoms with Gasteiger partial charge in [-0.25, -0.2) is 4.98 Å². The number of likely N-dealkylation sites (N-methyl/N-ethyl adjacent to an activating group) is 1. The van der Waals surface area contributed by atoms with Crippen molar-refractivity contribution in [3.05, 3.63) is 89.4 Å². The Morgan fingerprint density at radius 1 is 1.19 bits per heavy atom. The summed E-state index contributed by atoms with van der Waals surface area (Å²) in [6, 6.07) is 14.6. The number of carbonyl (C=O) groups is 2. The average Bonchev–Trinajstić information content (AvgIpc) is 2.94. The Hall–Kier alpha value is -4.04. The van der Waals surface area contributed by atoms with Gasteiger partial charge < -0.3 is 19.6 Å². The van der Waals surface area contributed by atoms with Crippen LogP contribution in [-0.2, 0) is 0 Å². The van der Waals surface area contributed by atoms with Gasteiger partial charge in [0.05, 0.1) is 19.2 Å². The number of nitrogens with zero attached hydrogens (tertiary/aromatic N) is 4. The highest BCUT2D eigenvalue weighted by atomic mass is 16.5. The molecule has 0 fully saturated rings. The summed E-state index contributed by atoms with van der Waals surface area (Å²) in [7, 11) is 1.72. The van der Waals surface area contributed by atoms with Crippen molar-refractivity contribution in [2.24, 2.45) is 5.92 Å². The molecule has 1 aliphatic rings. The van der Waals surface area contributed by atoms with E-state index in [1.165, 1.54) is 0 Å². The fourth-order valence-electron chi connectivity index (χ4n) is 4.25. The summed E-state index contributed by atoms with van der Waals surface area (Å²) in [5.74, 6) is -0.298. The van der Waals surface area contributed by atoms with Crippen molar-refractivity contribution in [2.45, 2.75) is 26.0 Å². The number of carbonyl (C=O) groups excluding carboxylic acids is 2.